The highest BCUT2D eigenvalue weighted by Crippen LogP contribution is 2.35. The third-order valence-electron chi connectivity index (χ3n) is 3.54. The van der Waals surface area contributed by atoms with Crippen LogP contribution in [0.4, 0.5) is 5.69 Å². The van der Waals surface area contributed by atoms with E-state index < -0.39 is 0 Å². The van der Waals surface area contributed by atoms with Crippen LogP contribution in [0.1, 0.15) is 39.0 Å². The Morgan fingerprint density at radius 3 is 2.43 bits per heavy atom. The predicted octanol–water partition coefficient (Wildman–Crippen LogP) is 5.89. The number of carbonyl (C=O) groups is 1. The lowest BCUT2D eigenvalue weighted by molar-refractivity contribution is -0.114. The highest BCUT2D eigenvalue weighted by Gasteiger charge is 2.30. The number of anilines is 1. The van der Waals surface area contributed by atoms with Gasteiger partial charge in [-0.1, -0.05) is 44.4 Å². The van der Waals surface area contributed by atoms with Crippen LogP contribution in [0.25, 0.3) is 0 Å². The van der Waals surface area contributed by atoms with Crippen LogP contribution in [0.15, 0.2) is 51.1 Å². The van der Waals surface area contributed by atoms with Crippen molar-refractivity contribution in [3.05, 3.63) is 51.1 Å². The maximum atomic E-state index is 12.7. The molecule has 1 amide bonds. The van der Waals surface area contributed by atoms with E-state index in [2.05, 4.69) is 38.8 Å². The first-order valence-electron chi connectivity index (χ1n) is 7.30. The number of unbranched alkanes of at least 4 members (excludes halogenated alkanes) is 3. The lowest BCUT2D eigenvalue weighted by atomic mass is 10.1. The Balaban J connectivity index is 2.18. The largest absolute Gasteiger partial charge is 0.276 e. The van der Waals surface area contributed by atoms with E-state index in [-0.39, 0.29) is 5.91 Å². The second-order valence-corrected chi connectivity index (χ2v) is 7.75. The maximum absolute atomic E-state index is 12.7. The molecule has 0 spiro atoms. The Labute approximate surface area is 143 Å². The van der Waals surface area contributed by atoms with E-state index >= 15 is 0 Å². The van der Waals surface area contributed by atoms with Crippen molar-refractivity contribution < 1.29 is 4.79 Å². The Morgan fingerprint density at radius 2 is 1.81 bits per heavy atom. The van der Waals surface area contributed by atoms with Crippen molar-refractivity contribution in [1.82, 2.24) is 0 Å². The molecule has 2 nitrogen and oxygen atoms in total. The quantitative estimate of drug-likeness (QED) is 0.533. The summed E-state index contributed by atoms with van der Waals surface area (Å²) in [6.07, 6.45) is 7.53. The molecule has 1 aromatic carbocycles. The molecule has 1 aromatic rings. The van der Waals surface area contributed by atoms with Crippen molar-refractivity contribution >= 4 is 43.5 Å². The minimum absolute atomic E-state index is 0.0871. The molecule has 0 aromatic heterocycles. The normalized spacial score (nSPS) is 14.6. The van der Waals surface area contributed by atoms with Crippen LogP contribution in [0.2, 0.25) is 0 Å². The van der Waals surface area contributed by atoms with Gasteiger partial charge in [0.15, 0.2) is 0 Å². The number of hydrogen-bond donors (Lipinski definition) is 0. The highest BCUT2D eigenvalue weighted by atomic mass is 79.9. The lowest BCUT2D eigenvalue weighted by Gasteiger charge is -2.19. The van der Waals surface area contributed by atoms with Gasteiger partial charge in [-0.15, -0.1) is 0 Å². The van der Waals surface area contributed by atoms with Crippen LogP contribution >= 0.6 is 31.9 Å². The zero-order valence-corrected chi connectivity index (χ0v) is 15.3. The predicted molar refractivity (Wildman–Crippen MR) is 95.7 cm³/mol. The molecule has 1 heterocycles. The van der Waals surface area contributed by atoms with E-state index in [1.54, 1.807) is 4.90 Å². The number of amides is 1. The summed E-state index contributed by atoms with van der Waals surface area (Å²) < 4.78 is 0.802. The average Bonchev–Trinajstić information content (AvgIpc) is 2.82. The first-order chi connectivity index (χ1) is 10.1. The van der Waals surface area contributed by atoms with E-state index in [0.29, 0.717) is 0 Å². The lowest BCUT2D eigenvalue weighted by Crippen LogP contribution is -2.25. The molecule has 1 aliphatic rings. The number of para-hydroxylation sites is 1. The van der Waals surface area contributed by atoms with Crippen LogP contribution in [0.5, 0.6) is 0 Å². The van der Waals surface area contributed by atoms with Crippen molar-refractivity contribution in [1.29, 1.82) is 0 Å². The van der Waals surface area contributed by atoms with Crippen LogP contribution < -0.4 is 4.90 Å². The monoisotopic (exact) mass is 411 g/mol. The summed E-state index contributed by atoms with van der Waals surface area (Å²) in [4.78, 5) is 14.4. The fourth-order valence-corrected chi connectivity index (χ4v) is 3.02. The van der Waals surface area contributed by atoms with Gasteiger partial charge in [0.2, 0.25) is 0 Å². The molecule has 0 saturated heterocycles. The minimum Gasteiger partial charge on any atom is -0.276 e. The zero-order valence-electron chi connectivity index (χ0n) is 12.1. The molecular formula is C17H19Br2NO. The van der Waals surface area contributed by atoms with Gasteiger partial charge in [-0.25, -0.2) is 0 Å². The Hall–Kier alpha value is -0.870. The molecular weight excluding hydrogens is 394 g/mol. The molecule has 0 radical (unpaired) electrons. The molecule has 0 aliphatic carbocycles. The molecule has 0 saturated carbocycles. The highest BCUT2D eigenvalue weighted by molar-refractivity contribution is 9.28. The Bertz CT molecular complexity index is 559. The van der Waals surface area contributed by atoms with Gasteiger partial charge in [-0.2, -0.15) is 0 Å². The summed E-state index contributed by atoms with van der Waals surface area (Å²) >= 11 is 6.89. The van der Waals surface area contributed by atoms with E-state index in [4.69, 9.17) is 0 Å². The van der Waals surface area contributed by atoms with Gasteiger partial charge in [-0.05, 0) is 62.9 Å². The van der Waals surface area contributed by atoms with Gasteiger partial charge in [0, 0.05) is 11.3 Å². The van der Waals surface area contributed by atoms with Gasteiger partial charge in [0.25, 0.3) is 5.91 Å². The molecule has 0 atom stereocenters. The summed E-state index contributed by atoms with van der Waals surface area (Å²) in [5.74, 6) is 0.0871. The van der Waals surface area contributed by atoms with Gasteiger partial charge in [0.05, 0.1) is 9.09 Å². The Morgan fingerprint density at radius 1 is 1.10 bits per heavy atom. The van der Waals surface area contributed by atoms with Crippen molar-refractivity contribution in [2.45, 2.75) is 39.0 Å². The zero-order chi connectivity index (χ0) is 15.2. The van der Waals surface area contributed by atoms with E-state index in [1.807, 2.05) is 36.4 Å². The fourth-order valence-electron chi connectivity index (χ4n) is 2.44. The molecule has 0 N–H and O–H groups in total. The van der Waals surface area contributed by atoms with Crippen molar-refractivity contribution in [2.75, 3.05) is 4.90 Å². The molecule has 0 unspecified atom stereocenters. The maximum Gasteiger partial charge on any atom is 0.258 e. The van der Waals surface area contributed by atoms with Gasteiger partial charge in [0.1, 0.15) is 0 Å². The topological polar surface area (TPSA) is 20.3 Å². The second kappa shape index (κ2) is 7.95. The first-order valence-corrected chi connectivity index (χ1v) is 8.89. The van der Waals surface area contributed by atoms with Gasteiger partial charge < -0.3 is 0 Å². The fraction of sp³-hybridized carbons (Fsp3) is 0.353. The van der Waals surface area contributed by atoms with Crippen molar-refractivity contribution in [3.63, 3.8) is 0 Å². The first kappa shape index (κ1) is 16.5. The minimum atomic E-state index is 0.0871. The molecule has 2 rings (SSSR count). The number of rotatable bonds is 6. The summed E-state index contributed by atoms with van der Waals surface area (Å²) in [7, 11) is 0. The van der Waals surface area contributed by atoms with E-state index in [0.717, 1.165) is 33.2 Å². The number of benzene rings is 1. The van der Waals surface area contributed by atoms with Gasteiger partial charge >= 0.3 is 0 Å². The Kier molecular flexibility index (Phi) is 6.24. The molecule has 112 valence electrons. The smallest absolute Gasteiger partial charge is 0.258 e. The molecule has 4 heteroatoms. The number of halogens is 2. The standard InChI is InChI=1S/C17H19Br2NO/c1-2-3-4-6-9-13-12-15(16(18)19)20(17(13)21)14-10-7-5-8-11-14/h5,7-8,10-12H,2-4,6,9H2,1H3. The number of hydrogen-bond acceptors (Lipinski definition) is 1. The van der Waals surface area contributed by atoms with E-state index in [9.17, 15) is 4.79 Å². The molecule has 21 heavy (non-hydrogen) atoms. The van der Waals surface area contributed by atoms with Crippen molar-refractivity contribution in [2.24, 2.45) is 0 Å². The van der Waals surface area contributed by atoms with Crippen LogP contribution in [-0.4, -0.2) is 5.91 Å². The summed E-state index contributed by atoms with van der Waals surface area (Å²) in [6, 6.07) is 9.75. The summed E-state index contributed by atoms with van der Waals surface area (Å²) in [5, 5.41) is 0. The summed E-state index contributed by atoms with van der Waals surface area (Å²) in [6.45, 7) is 2.19. The third-order valence-corrected chi connectivity index (χ3v) is 4.35. The summed E-state index contributed by atoms with van der Waals surface area (Å²) in [5.41, 5.74) is 2.66. The number of allylic oxidation sites excluding steroid dienone is 1. The average molecular weight is 413 g/mol. The van der Waals surface area contributed by atoms with Crippen LogP contribution in [-0.2, 0) is 4.79 Å². The second-order valence-electron chi connectivity index (χ2n) is 5.10. The molecule has 1 aliphatic heterocycles. The number of carbonyl (C=O) groups excluding carboxylic acids is 1. The molecule has 0 fully saturated rings. The van der Waals surface area contributed by atoms with Gasteiger partial charge in [-0.3, -0.25) is 9.69 Å². The van der Waals surface area contributed by atoms with Crippen LogP contribution in [0, 0.1) is 0 Å². The van der Waals surface area contributed by atoms with Crippen LogP contribution in [0.3, 0.4) is 0 Å². The number of nitrogens with zero attached hydrogens (tertiary/aromatic N) is 1. The SMILES string of the molecule is CCCCCCC1=CC(=C(Br)Br)N(c2ccccc2)C1=O. The van der Waals surface area contributed by atoms with Crippen molar-refractivity contribution in [3.8, 4) is 0 Å². The third kappa shape index (κ3) is 4.07. The van der Waals surface area contributed by atoms with E-state index in [1.165, 1.54) is 19.3 Å². The molecule has 0 bridgehead atoms.